The third-order valence-corrected chi connectivity index (χ3v) is 4.44. The van der Waals surface area contributed by atoms with Crippen LogP contribution in [0.15, 0.2) is 48.5 Å². The predicted molar refractivity (Wildman–Crippen MR) is 95.8 cm³/mol. The normalized spacial score (nSPS) is 14.3. The van der Waals surface area contributed by atoms with Crippen LogP contribution in [0.4, 0.5) is 0 Å². The molecule has 1 unspecified atom stereocenters. The molecule has 0 aliphatic carbocycles. The average Bonchev–Trinajstić information content (AvgIpc) is 2.89. The van der Waals surface area contributed by atoms with Crippen molar-refractivity contribution in [1.29, 1.82) is 0 Å². The maximum atomic E-state index is 12.2. The number of imide groups is 1. The summed E-state index contributed by atoms with van der Waals surface area (Å²) in [4.78, 5) is 37.5. The minimum atomic E-state index is -0.865. The Kier molecular flexibility index (Phi) is 5.35. The summed E-state index contributed by atoms with van der Waals surface area (Å²) in [7, 11) is 0. The van der Waals surface area contributed by atoms with Crippen molar-refractivity contribution in [3.8, 4) is 0 Å². The fourth-order valence-electron chi connectivity index (χ4n) is 2.76. The highest BCUT2D eigenvalue weighted by Gasteiger charge is 2.34. The van der Waals surface area contributed by atoms with E-state index in [1.807, 2.05) is 0 Å². The Bertz CT molecular complexity index is 816. The van der Waals surface area contributed by atoms with Gasteiger partial charge in [-0.1, -0.05) is 35.9 Å². The Morgan fingerprint density at radius 2 is 1.62 bits per heavy atom. The van der Waals surface area contributed by atoms with E-state index in [4.69, 9.17) is 11.6 Å². The van der Waals surface area contributed by atoms with E-state index >= 15 is 0 Å². The predicted octanol–water partition coefficient (Wildman–Crippen LogP) is 2.18. The van der Waals surface area contributed by atoms with Crippen molar-refractivity contribution in [3.05, 3.63) is 70.2 Å². The Morgan fingerprint density at radius 3 is 2.19 bits per heavy atom. The summed E-state index contributed by atoms with van der Waals surface area (Å²) in [6, 6.07) is 13.2. The van der Waals surface area contributed by atoms with Crippen molar-refractivity contribution in [2.75, 3.05) is 13.1 Å². The van der Waals surface area contributed by atoms with E-state index in [9.17, 15) is 19.5 Å². The summed E-state index contributed by atoms with van der Waals surface area (Å²) in [5.74, 6) is -1.13. The molecule has 2 aromatic carbocycles. The van der Waals surface area contributed by atoms with Crippen molar-refractivity contribution in [2.24, 2.45) is 0 Å². The number of benzene rings is 2. The van der Waals surface area contributed by atoms with E-state index in [0.717, 1.165) is 4.90 Å². The number of aliphatic hydroxyl groups excluding tert-OH is 1. The molecule has 0 saturated heterocycles. The average molecular weight is 373 g/mol. The van der Waals surface area contributed by atoms with E-state index in [-0.39, 0.29) is 37.2 Å². The van der Waals surface area contributed by atoms with Crippen molar-refractivity contribution < 1.29 is 19.5 Å². The van der Waals surface area contributed by atoms with Crippen LogP contribution in [0, 0.1) is 0 Å². The molecule has 7 heteroatoms. The van der Waals surface area contributed by atoms with Crippen molar-refractivity contribution in [3.63, 3.8) is 0 Å². The third-order valence-electron chi connectivity index (χ3n) is 4.19. The smallest absolute Gasteiger partial charge is 0.261 e. The molecule has 0 spiro atoms. The van der Waals surface area contributed by atoms with Gasteiger partial charge in [0.25, 0.3) is 11.8 Å². The second-order valence-corrected chi connectivity index (χ2v) is 6.37. The highest BCUT2D eigenvalue weighted by Crippen LogP contribution is 2.22. The second-order valence-electron chi connectivity index (χ2n) is 5.93. The molecule has 1 atom stereocenters. The number of aliphatic hydroxyl groups is 1. The maximum Gasteiger partial charge on any atom is 0.261 e. The lowest BCUT2D eigenvalue weighted by Crippen LogP contribution is -2.35. The Balaban J connectivity index is 1.50. The van der Waals surface area contributed by atoms with Crippen LogP contribution in [0.3, 0.4) is 0 Å². The summed E-state index contributed by atoms with van der Waals surface area (Å²) >= 11 is 5.79. The van der Waals surface area contributed by atoms with Gasteiger partial charge in [-0.2, -0.15) is 0 Å². The Labute approximate surface area is 155 Å². The summed E-state index contributed by atoms with van der Waals surface area (Å²) in [5.41, 5.74) is 1.35. The van der Waals surface area contributed by atoms with Gasteiger partial charge in [0, 0.05) is 24.5 Å². The van der Waals surface area contributed by atoms with Gasteiger partial charge in [-0.25, -0.2) is 0 Å². The highest BCUT2D eigenvalue weighted by molar-refractivity contribution is 6.30. The largest absolute Gasteiger partial charge is 0.387 e. The number of halogens is 1. The van der Waals surface area contributed by atoms with Crippen molar-refractivity contribution in [2.45, 2.75) is 12.5 Å². The Morgan fingerprint density at radius 1 is 1.04 bits per heavy atom. The SMILES string of the molecule is O=C(CCN1C(=O)c2ccccc2C1=O)NCC(O)c1ccc(Cl)cc1. The molecular formula is C19H17ClN2O4. The standard InChI is InChI=1S/C19H17ClN2O4/c20-13-7-5-12(6-8-13)16(23)11-21-17(24)9-10-22-18(25)14-3-1-2-4-15(14)19(22)26/h1-8,16,23H,9-11H2,(H,21,24). The number of fused-ring (bicyclic) bond motifs is 1. The molecular weight excluding hydrogens is 356 g/mol. The van der Waals surface area contributed by atoms with Crippen LogP contribution in [-0.4, -0.2) is 40.8 Å². The van der Waals surface area contributed by atoms with Crippen LogP contribution >= 0.6 is 11.6 Å². The van der Waals surface area contributed by atoms with Crippen LogP contribution in [0.25, 0.3) is 0 Å². The van der Waals surface area contributed by atoms with Crippen LogP contribution in [0.5, 0.6) is 0 Å². The number of carbonyl (C=O) groups excluding carboxylic acids is 3. The van der Waals surface area contributed by atoms with Gasteiger partial charge in [-0.05, 0) is 29.8 Å². The first-order valence-corrected chi connectivity index (χ1v) is 8.50. The first kappa shape index (κ1) is 18.1. The maximum absolute atomic E-state index is 12.2. The van der Waals surface area contributed by atoms with E-state index in [2.05, 4.69) is 5.32 Å². The summed E-state index contributed by atoms with van der Waals surface area (Å²) in [5, 5.41) is 13.2. The second kappa shape index (κ2) is 7.68. The molecule has 0 saturated carbocycles. The van der Waals surface area contributed by atoms with E-state index in [1.165, 1.54) is 0 Å². The molecule has 0 aromatic heterocycles. The highest BCUT2D eigenvalue weighted by atomic mass is 35.5. The molecule has 6 nitrogen and oxygen atoms in total. The van der Waals surface area contributed by atoms with E-state index in [1.54, 1.807) is 48.5 Å². The zero-order valence-corrected chi connectivity index (χ0v) is 14.6. The van der Waals surface area contributed by atoms with Gasteiger partial charge >= 0.3 is 0 Å². The minimum Gasteiger partial charge on any atom is -0.387 e. The molecule has 2 N–H and O–H groups in total. The fraction of sp³-hybridized carbons (Fsp3) is 0.211. The number of hydrogen-bond donors (Lipinski definition) is 2. The molecule has 2 aromatic rings. The lowest BCUT2D eigenvalue weighted by Gasteiger charge is -2.15. The van der Waals surface area contributed by atoms with Crippen molar-refractivity contribution in [1.82, 2.24) is 10.2 Å². The lowest BCUT2D eigenvalue weighted by atomic mass is 10.1. The molecule has 1 heterocycles. The summed E-state index contributed by atoms with van der Waals surface area (Å²) in [6.45, 7) is 0.0256. The first-order chi connectivity index (χ1) is 12.5. The van der Waals surface area contributed by atoms with Crippen LogP contribution < -0.4 is 5.32 Å². The van der Waals surface area contributed by atoms with Gasteiger partial charge in [-0.15, -0.1) is 0 Å². The molecule has 0 fully saturated rings. The zero-order valence-electron chi connectivity index (χ0n) is 13.8. The number of carbonyl (C=O) groups is 3. The van der Waals surface area contributed by atoms with Crippen LogP contribution in [-0.2, 0) is 4.79 Å². The van der Waals surface area contributed by atoms with Gasteiger partial charge in [-0.3, -0.25) is 19.3 Å². The fourth-order valence-corrected chi connectivity index (χ4v) is 2.88. The van der Waals surface area contributed by atoms with E-state index in [0.29, 0.717) is 21.7 Å². The number of rotatable bonds is 6. The molecule has 3 amide bonds. The number of amides is 3. The zero-order chi connectivity index (χ0) is 18.7. The number of hydrogen-bond acceptors (Lipinski definition) is 4. The number of nitrogens with zero attached hydrogens (tertiary/aromatic N) is 1. The van der Waals surface area contributed by atoms with Crippen LogP contribution in [0.1, 0.15) is 38.8 Å². The number of nitrogens with one attached hydrogen (secondary N) is 1. The van der Waals surface area contributed by atoms with Crippen LogP contribution in [0.2, 0.25) is 5.02 Å². The van der Waals surface area contributed by atoms with Gasteiger partial charge in [0.15, 0.2) is 0 Å². The lowest BCUT2D eigenvalue weighted by molar-refractivity contribution is -0.121. The molecule has 0 bridgehead atoms. The first-order valence-electron chi connectivity index (χ1n) is 8.13. The van der Waals surface area contributed by atoms with Gasteiger partial charge in [0.1, 0.15) is 0 Å². The summed E-state index contributed by atoms with van der Waals surface area (Å²) in [6.07, 6.45) is -0.894. The molecule has 3 rings (SSSR count). The minimum absolute atomic E-state index is 0.00474. The topological polar surface area (TPSA) is 86.7 Å². The summed E-state index contributed by atoms with van der Waals surface area (Å²) < 4.78 is 0. The van der Waals surface area contributed by atoms with E-state index < -0.39 is 6.10 Å². The molecule has 1 aliphatic heterocycles. The van der Waals surface area contributed by atoms with Gasteiger partial charge in [0.2, 0.25) is 5.91 Å². The molecule has 0 radical (unpaired) electrons. The molecule has 134 valence electrons. The molecule has 1 aliphatic rings. The monoisotopic (exact) mass is 372 g/mol. The van der Waals surface area contributed by atoms with Gasteiger partial charge in [0.05, 0.1) is 17.2 Å². The third kappa shape index (κ3) is 3.76. The van der Waals surface area contributed by atoms with Crippen molar-refractivity contribution >= 4 is 29.3 Å². The Hall–Kier alpha value is -2.70. The molecule has 26 heavy (non-hydrogen) atoms. The quantitative estimate of drug-likeness (QED) is 0.761. The van der Waals surface area contributed by atoms with Gasteiger partial charge < -0.3 is 10.4 Å².